The molecule has 1 atom stereocenters. The van der Waals surface area contributed by atoms with Gasteiger partial charge in [-0.25, -0.2) is 0 Å². The fourth-order valence-electron chi connectivity index (χ4n) is 3.61. The third-order valence-corrected chi connectivity index (χ3v) is 4.75. The topological polar surface area (TPSA) is 42.7 Å². The maximum absolute atomic E-state index is 4.63. The van der Waals surface area contributed by atoms with Gasteiger partial charge in [0, 0.05) is 49.4 Å². The van der Waals surface area contributed by atoms with Crippen LogP contribution < -0.4 is 5.32 Å². The Kier molecular flexibility index (Phi) is 4.13. The van der Waals surface area contributed by atoms with Crippen LogP contribution in [0, 0.1) is 0 Å². The van der Waals surface area contributed by atoms with Crippen molar-refractivity contribution in [1.82, 2.24) is 20.1 Å². The number of aryl methyl sites for hydroxylation is 2. The van der Waals surface area contributed by atoms with Crippen LogP contribution in [0.25, 0.3) is 11.3 Å². The number of benzene rings is 1. The van der Waals surface area contributed by atoms with Crippen LogP contribution in [0.2, 0.25) is 0 Å². The van der Waals surface area contributed by atoms with Crippen LogP contribution in [0.1, 0.15) is 35.6 Å². The average Bonchev–Trinajstić information content (AvgIpc) is 3.01. The highest BCUT2D eigenvalue weighted by molar-refractivity contribution is 5.61. The van der Waals surface area contributed by atoms with Crippen molar-refractivity contribution in [2.75, 3.05) is 0 Å². The third kappa shape index (κ3) is 2.97. The summed E-state index contributed by atoms with van der Waals surface area (Å²) in [6.07, 6.45) is 9.41. The van der Waals surface area contributed by atoms with Crippen LogP contribution in [0.15, 0.2) is 55.0 Å². The highest BCUT2D eigenvalue weighted by Gasteiger charge is 2.20. The summed E-state index contributed by atoms with van der Waals surface area (Å²) >= 11 is 0. The molecule has 0 unspecified atom stereocenters. The van der Waals surface area contributed by atoms with Crippen molar-refractivity contribution in [2.45, 2.75) is 31.8 Å². The van der Waals surface area contributed by atoms with E-state index in [-0.39, 0.29) is 0 Å². The van der Waals surface area contributed by atoms with E-state index < -0.39 is 0 Å². The predicted molar refractivity (Wildman–Crippen MR) is 95.4 cm³/mol. The molecule has 0 fully saturated rings. The van der Waals surface area contributed by atoms with Crippen molar-refractivity contribution >= 4 is 0 Å². The zero-order valence-corrected chi connectivity index (χ0v) is 13.9. The van der Waals surface area contributed by atoms with E-state index in [1.54, 1.807) is 6.20 Å². The van der Waals surface area contributed by atoms with Gasteiger partial charge in [0.15, 0.2) is 0 Å². The quantitative estimate of drug-likeness (QED) is 0.798. The minimum absolute atomic E-state index is 0.428. The summed E-state index contributed by atoms with van der Waals surface area (Å²) in [4.78, 5) is 4.22. The Morgan fingerprint density at radius 3 is 3.00 bits per heavy atom. The molecule has 2 aromatic heterocycles. The number of aromatic nitrogens is 3. The second-order valence-corrected chi connectivity index (χ2v) is 6.44. The summed E-state index contributed by atoms with van der Waals surface area (Å²) < 4.78 is 1.88. The van der Waals surface area contributed by atoms with Crippen LogP contribution in [-0.4, -0.2) is 14.8 Å². The molecule has 0 aliphatic heterocycles. The maximum atomic E-state index is 4.63. The molecule has 0 amide bonds. The minimum Gasteiger partial charge on any atom is -0.306 e. The molecule has 1 aliphatic rings. The molecule has 4 heteroatoms. The Labute approximate surface area is 142 Å². The lowest BCUT2D eigenvalue weighted by molar-refractivity contribution is 0.459. The molecule has 0 saturated heterocycles. The molecule has 122 valence electrons. The van der Waals surface area contributed by atoms with E-state index in [1.165, 1.54) is 36.0 Å². The van der Waals surface area contributed by atoms with Gasteiger partial charge >= 0.3 is 0 Å². The van der Waals surface area contributed by atoms with E-state index >= 15 is 0 Å². The summed E-state index contributed by atoms with van der Waals surface area (Å²) in [5.41, 5.74) is 6.24. The van der Waals surface area contributed by atoms with Gasteiger partial charge in [-0.3, -0.25) is 9.67 Å². The van der Waals surface area contributed by atoms with Gasteiger partial charge in [0.1, 0.15) is 0 Å². The van der Waals surface area contributed by atoms with E-state index in [0.717, 1.165) is 17.8 Å². The lowest BCUT2D eigenvalue weighted by Crippen LogP contribution is -2.24. The minimum atomic E-state index is 0.428. The van der Waals surface area contributed by atoms with Gasteiger partial charge in [-0.05, 0) is 42.5 Å². The van der Waals surface area contributed by atoms with Crippen LogP contribution in [0.3, 0.4) is 0 Å². The predicted octanol–water partition coefficient (Wildman–Crippen LogP) is 3.65. The van der Waals surface area contributed by atoms with Crippen LogP contribution >= 0.6 is 0 Å². The summed E-state index contributed by atoms with van der Waals surface area (Å²) in [5, 5.41) is 8.37. The molecular weight excluding hydrogens is 296 g/mol. The first-order chi connectivity index (χ1) is 11.8. The molecule has 4 rings (SSSR count). The molecule has 0 bridgehead atoms. The number of nitrogens with zero attached hydrogens (tertiary/aromatic N) is 3. The van der Waals surface area contributed by atoms with Crippen LogP contribution in [-0.2, 0) is 20.0 Å². The van der Waals surface area contributed by atoms with E-state index in [9.17, 15) is 0 Å². The fraction of sp³-hybridized carbons (Fsp3) is 0.300. The highest BCUT2D eigenvalue weighted by Crippen LogP contribution is 2.30. The SMILES string of the molecule is Cn1cc(CN[C@@H]2CCCc3ccccc32)c(-c2cccnc2)n1. The molecule has 0 radical (unpaired) electrons. The standard InChI is InChI=1S/C20H22N4/c1-24-14-17(20(23-24)16-8-5-11-21-12-16)13-22-19-10-4-7-15-6-2-3-9-18(15)19/h2-3,5-6,8-9,11-12,14,19,22H,4,7,10,13H2,1H3/t19-/m1/s1. The fourth-order valence-corrected chi connectivity index (χ4v) is 3.61. The second-order valence-electron chi connectivity index (χ2n) is 6.44. The maximum Gasteiger partial charge on any atom is 0.0983 e. The van der Waals surface area contributed by atoms with Gasteiger partial charge < -0.3 is 5.32 Å². The van der Waals surface area contributed by atoms with Gasteiger partial charge in [0.25, 0.3) is 0 Å². The average molecular weight is 318 g/mol. The van der Waals surface area contributed by atoms with Gasteiger partial charge in [0.05, 0.1) is 5.69 Å². The Morgan fingerprint density at radius 2 is 2.12 bits per heavy atom. The molecule has 2 heterocycles. The first kappa shape index (κ1) is 15.1. The van der Waals surface area contributed by atoms with Crippen molar-refractivity contribution in [1.29, 1.82) is 0 Å². The first-order valence-electron chi connectivity index (χ1n) is 8.55. The number of pyridine rings is 1. The van der Waals surface area contributed by atoms with E-state index in [4.69, 9.17) is 0 Å². The summed E-state index contributed by atoms with van der Waals surface area (Å²) in [7, 11) is 1.97. The molecule has 1 N–H and O–H groups in total. The Balaban J connectivity index is 1.56. The van der Waals surface area contributed by atoms with Crippen molar-refractivity contribution in [3.05, 3.63) is 71.7 Å². The normalized spacial score (nSPS) is 16.8. The number of rotatable bonds is 4. The first-order valence-corrected chi connectivity index (χ1v) is 8.55. The van der Waals surface area contributed by atoms with E-state index in [1.807, 2.05) is 24.0 Å². The van der Waals surface area contributed by atoms with Crippen molar-refractivity contribution in [2.24, 2.45) is 7.05 Å². The zero-order valence-electron chi connectivity index (χ0n) is 13.9. The zero-order chi connectivity index (χ0) is 16.4. The Morgan fingerprint density at radius 1 is 1.21 bits per heavy atom. The van der Waals surface area contributed by atoms with Crippen molar-refractivity contribution < 1.29 is 0 Å². The number of fused-ring (bicyclic) bond motifs is 1. The van der Waals surface area contributed by atoms with Gasteiger partial charge in [-0.15, -0.1) is 0 Å². The van der Waals surface area contributed by atoms with Gasteiger partial charge in [-0.1, -0.05) is 24.3 Å². The largest absolute Gasteiger partial charge is 0.306 e. The molecule has 0 saturated carbocycles. The highest BCUT2D eigenvalue weighted by atomic mass is 15.3. The van der Waals surface area contributed by atoms with Crippen molar-refractivity contribution in [3.8, 4) is 11.3 Å². The molecular formula is C20H22N4. The summed E-state index contributed by atoms with van der Waals surface area (Å²) in [6, 6.07) is 13.3. The molecule has 1 aliphatic carbocycles. The van der Waals surface area contributed by atoms with E-state index in [0.29, 0.717) is 6.04 Å². The monoisotopic (exact) mass is 318 g/mol. The lowest BCUT2D eigenvalue weighted by atomic mass is 9.87. The molecule has 1 aromatic carbocycles. The van der Waals surface area contributed by atoms with E-state index in [2.05, 4.69) is 51.9 Å². The molecule has 24 heavy (non-hydrogen) atoms. The number of nitrogens with one attached hydrogen (secondary N) is 1. The second kappa shape index (κ2) is 6.57. The van der Waals surface area contributed by atoms with Crippen LogP contribution in [0.5, 0.6) is 0 Å². The molecule has 4 nitrogen and oxygen atoms in total. The summed E-state index contributed by atoms with van der Waals surface area (Å²) in [5.74, 6) is 0. The smallest absolute Gasteiger partial charge is 0.0983 e. The number of hydrogen-bond donors (Lipinski definition) is 1. The number of hydrogen-bond acceptors (Lipinski definition) is 3. The summed E-state index contributed by atoms with van der Waals surface area (Å²) in [6.45, 7) is 0.817. The Hall–Kier alpha value is -2.46. The Bertz CT molecular complexity index is 823. The van der Waals surface area contributed by atoms with Gasteiger partial charge in [-0.2, -0.15) is 5.10 Å². The van der Waals surface area contributed by atoms with Crippen molar-refractivity contribution in [3.63, 3.8) is 0 Å². The lowest BCUT2D eigenvalue weighted by Gasteiger charge is -2.26. The third-order valence-electron chi connectivity index (χ3n) is 4.75. The van der Waals surface area contributed by atoms with Crippen LogP contribution in [0.4, 0.5) is 0 Å². The molecule has 3 aromatic rings. The molecule has 0 spiro atoms. The van der Waals surface area contributed by atoms with Gasteiger partial charge in [0.2, 0.25) is 0 Å².